The fourth-order valence-corrected chi connectivity index (χ4v) is 2.31. The second-order valence-corrected chi connectivity index (χ2v) is 4.59. The minimum atomic E-state index is -0.0176. The zero-order chi connectivity index (χ0) is 14.0. The Bertz CT molecular complexity index is 583. The van der Waals surface area contributed by atoms with Crippen molar-refractivity contribution in [3.63, 3.8) is 0 Å². The van der Waals surface area contributed by atoms with Gasteiger partial charge in [-0.2, -0.15) is 0 Å². The highest BCUT2D eigenvalue weighted by Gasteiger charge is 2.12. The zero-order valence-electron chi connectivity index (χ0n) is 11.1. The molecule has 2 rings (SSSR count). The Hall–Kier alpha value is -2.16. The first-order valence-electron chi connectivity index (χ1n) is 6.43. The van der Waals surface area contributed by atoms with Crippen LogP contribution in [-0.4, -0.2) is 15.3 Å². The van der Waals surface area contributed by atoms with Crippen molar-refractivity contribution in [2.75, 3.05) is 0 Å². The molecule has 0 bridgehead atoms. The molecular weight excluding hydrogens is 240 g/mol. The van der Waals surface area contributed by atoms with Crippen molar-refractivity contribution >= 4 is 0 Å². The van der Waals surface area contributed by atoms with Crippen molar-refractivity contribution < 1.29 is 15.3 Å². The highest BCUT2D eigenvalue weighted by Crippen LogP contribution is 2.37. The van der Waals surface area contributed by atoms with Gasteiger partial charge in [0.15, 0.2) is 0 Å². The number of hydrogen-bond acceptors (Lipinski definition) is 3. The predicted octanol–water partition coefficient (Wildman–Crippen LogP) is 3.60. The van der Waals surface area contributed by atoms with E-state index in [1.807, 2.05) is 13.8 Å². The Morgan fingerprint density at radius 2 is 1.42 bits per heavy atom. The van der Waals surface area contributed by atoms with Crippen molar-refractivity contribution in [3.05, 3.63) is 41.5 Å². The van der Waals surface area contributed by atoms with E-state index in [0.717, 1.165) is 24.0 Å². The van der Waals surface area contributed by atoms with Gasteiger partial charge in [-0.25, -0.2) is 0 Å². The summed E-state index contributed by atoms with van der Waals surface area (Å²) in [5, 5.41) is 29.3. The fourth-order valence-electron chi connectivity index (χ4n) is 2.31. The molecule has 0 radical (unpaired) electrons. The van der Waals surface area contributed by atoms with Gasteiger partial charge in [-0.05, 0) is 47.7 Å². The highest BCUT2D eigenvalue weighted by molar-refractivity contribution is 5.76. The summed E-state index contributed by atoms with van der Waals surface area (Å²) in [6.07, 6.45) is 1.62. The fraction of sp³-hybridized carbons (Fsp3) is 0.250. The molecule has 3 nitrogen and oxygen atoms in total. The first kappa shape index (κ1) is 13.3. The van der Waals surface area contributed by atoms with E-state index < -0.39 is 0 Å². The van der Waals surface area contributed by atoms with E-state index in [9.17, 15) is 15.3 Å². The molecule has 0 aliphatic carbocycles. The number of aromatic hydroxyl groups is 3. The second kappa shape index (κ2) is 5.22. The van der Waals surface area contributed by atoms with Crippen LogP contribution >= 0.6 is 0 Å². The molecule has 2 aromatic carbocycles. The largest absolute Gasteiger partial charge is 0.508 e. The minimum absolute atomic E-state index is 0.0176. The van der Waals surface area contributed by atoms with E-state index >= 15 is 0 Å². The van der Waals surface area contributed by atoms with Gasteiger partial charge in [0.25, 0.3) is 0 Å². The predicted molar refractivity (Wildman–Crippen MR) is 75.6 cm³/mol. The van der Waals surface area contributed by atoms with E-state index in [0.29, 0.717) is 11.1 Å². The number of aryl methyl sites for hydroxylation is 2. The zero-order valence-corrected chi connectivity index (χ0v) is 11.1. The van der Waals surface area contributed by atoms with Gasteiger partial charge in [0.2, 0.25) is 0 Å². The summed E-state index contributed by atoms with van der Waals surface area (Å²) in [7, 11) is 0. The van der Waals surface area contributed by atoms with Crippen LogP contribution < -0.4 is 0 Å². The van der Waals surface area contributed by atoms with Crippen LogP contribution in [0.4, 0.5) is 0 Å². The van der Waals surface area contributed by atoms with E-state index in [-0.39, 0.29) is 17.2 Å². The Morgan fingerprint density at radius 1 is 0.789 bits per heavy atom. The summed E-state index contributed by atoms with van der Waals surface area (Å²) in [6.45, 7) is 4.05. The van der Waals surface area contributed by atoms with Crippen LogP contribution in [0.15, 0.2) is 30.3 Å². The number of phenols is 3. The molecule has 0 saturated heterocycles. The molecule has 0 heterocycles. The Labute approximate surface area is 112 Å². The first-order chi connectivity index (χ1) is 9.05. The molecular formula is C16H18O3. The van der Waals surface area contributed by atoms with Crippen LogP contribution in [0.25, 0.3) is 11.1 Å². The smallest absolute Gasteiger partial charge is 0.123 e. The molecule has 100 valence electrons. The molecule has 0 amide bonds. The number of benzene rings is 2. The lowest BCUT2D eigenvalue weighted by Gasteiger charge is -2.13. The summed E-state index contributed by atoms with van der Waals surface area (Å²) in [5.41, 5.74) is 3.37. The van der Waals surface area contributed by atoms with Crippen LogP contribution in [-0.2, 0) is 12.8 Å². The quantitative estimate of drug-likeness (QED) is 0.788. The van der Waals surface area contributed by atoms with Crippen molar-refractivity contribution in [1.29, 1.82) is 0 Å². The van der Waals surface area contributed by atoms with Gasteiger partial charge in [0, 0.05) is 11.6 Å². The lowest BCUT2D eigenvalue weighted by Crippen LogP contribution is -1.92. The molecule has 0 spiro atoms. The van der Waals surface area contributed by atoms with Gasteiger partial charge in [-0.3, -0.25) is 0 Å². The standard InChI is InChI=1S/C16H18O3/c1-3-10-5-11(4-2)16(15(19)6-10)12-7-13(17)9-14(18)8-12/h5-9,17-19H,3-4H2,1-2H3. The van der Waals surface area contributed by atoms with E-state index in [2.05, 4.69) is 6.07 Å². The second-order valence-electron chi connectivity index (χ2n) is 4.59. The maximum atomic E-state index is 10.2. The average molecular weight is 258 g/mol. The van der Waals surface area contributed by atoms with Crippen molar-refractivity contribution in [2.24, 2.45) is 0 Å². The van der Waals surface area contributed by atoms with Crippen LogP contribution in [0.3, 0.4) is 0 Å². The van der Waals surface area contributed by atoms with E-state index in [1.54, 1.807) is 18.2 Å². The number of rotatable bonds is 3. The maximum Gasteiger partial charge on any atom is 0.123 e. The summed E-state index contributed by atoms with van der Waals surface area (Å²) >= 11 is 0. The molecule has 0 saturated carbocycles. The number of hydrogen-bond donors (Lipinski definition) is 3. The highest BCUT2D eigenvalue weighted by atomic mass is 16.3. The monoisotopic (exact) mass is 258 g/mol. The Balaban J connectivity index is 2.66. The summed E-state index contributed by atoms with van der Waals surface area (Å²) in [6, 6.07) is 8.14. The molecule has 0 atom stereocenters. The Morgan fingerprint density at radius 3 is 1.95 bits per heavy atom. The summed E-state index contributed by atoms with van der Waals surface area (Å²) < 4.78 is 0. The van der Waals surface area contributed by atoms with Gasteiger partial charge in [-0.1, -0.05) is 19.9 Å². The summed E-state index contributed by atoms with van der Waals surface area (Å²) in [4.78, 5) is 0. The molecule has 19 heavy (non-hydrogen) atoms. The van der Waals surface area contributed by atoms with Gasteiger partial charge < -0.3 is 15.3 Å². The third-order valence-corrected chi connectivity index (χ3v) is 3.24. The topological polar surface area (TPSA) is 60.7 Å². The third-order valence-electron chi connectivity index (χ3n) is 3.24. The molecule has 0 aromatic heterocycles. The lowest BCUT2D eigenvalue weighted by atomic mass is 9.94. The van der Waals surface area contributed by atoms with Crippen molar-refractivity contribution in [2.45, 2.75) is 26.7 Å². The van der Waals surface area contributed by atoms with Gasteiger partial charge in [-0.15, -0.1) is 0 Å². The molecule has 2 aromatic rings. The van der Waals surface area contributed by atoms with Gasteiger partial charge in [0.05, 0.1) is 0 Å². The average Bonchev–Trinajstić information content (AvgIpc) is 2.36. The Kier molecular flexibility index (Phi) is 3.65. The van der Waals surface area contributed by atoms with Crippen LogP contribution in [0.5, 0.6) is 17.2 Å². The number of phenolic OH excluding ortho intramolecular Hbond substituents is 3. The van der Waals surface area contributed by atoms with Crippen LogP contribution in [0.1, 0.15) is 25.0 Å². The van der Waals surface area contributed by atoms with Crippen LogP contribution in [0, 0.1) is 0 Å². The maximum absolute atomic E-state index is 10.2. The van der Waals surface area contributed by atoms with Crippen molar-refractivity contribution in [3.8, 4) is 28.4 Å². The lowest BCUT2D eigenvalue weighted by molar-refractivity contribution is 0.451. The third kappa shape index (κ3) is 2.65. The van der Waals surface area contributed by atoms with Crippen LogP contribution in [0.2, 0.25) is 0 Å². The van der Waals surface area contributed by atoms with Gasteiger partial charge >= 0.3 is 0 Å². The normalized spacial score (nSPS) is 10.6. The molecule has 0 aliphatic heterocycles. The molecule has 3 N–H and O–H groups in total. The first-order valence-corrected chi connectivity index (χ1v) is 6.43. The van der Waals surface area contributed by atoms with E-state index in [1.165, 1.54) is 6.07 Å². The molecule has 0 aliphatic rings. The summed E-state index contributed by atoms with van der Waals surface area (Å²) in [5.74, 6) is 0.147. The molecule has 3 heteroatoms. The SMILES string of the molecule is CCc1cc(O)c(-c2cc(O)cc(O)c2)c(CC)c1. The van der Waals surface area contributed by atoms with Crippen molar-refractivity contribution in [1.82, 2.24) is 0 Å². The molecule has 0 unspecified atom stereocenters. The van der Waals surface area contributed by atoms with E-state index in [4.69, 9.17) is 0 Å². The molecule has 0 fully saturated rings. The van der Waals surface area contributed by atoms with Gasteiger partial charge in [0.1, 0.15) is 17.2 Å². The minimum Gasteiger partial charge on any atom is -0.508 e.